The van der Waals surface area contributed by atoms with Crippen molar-refractivity contribution < 1.29 is 4.74 Å². The Kier molecular flexibility index (Phi) is 2.83. The number of hydrogen-bond acceptors (Lipinski definition) is 3. The van der Waals surface area contributed by atoms with Crippen LogP contribution in [0.4, 0.5) is 0 Å². The predicted molar refractivity (Wildman–Crippen MR) is 75.4 cm³/mol. The summed E-state index contributed by atoms with van der Waals surface area (Å²) in [6, 6.07) is 1.72. The fourth-order valence-electron chi connectivity index (χ4n) is 4.02. The van der Waals surface area contributed by atoms with Gasteiger partial charge < -0.3 is 4.74 Å². The molecule has 1 aromatic heterocycles. The number of aromatic nitrogens is 2. The Balaban J connectivity index is 1.86. The van der Waals surface area contributed by atoms with E-state index in [0.29, 0.717) is 22.3 Å². The van der Waals surface area contributed by atoms with E-state index in [2.05, 4.69) is 30.7 Å². The van der Waals surface area contributed by atoms with Crippen molar-refractivity contribution in [3.05, 3.63) is 17.0 Å². The number of fused-ring (bicyclic) bond motifs is 2. The summed E-state index contributed by atoms with van der Waals surface area (Å²) in [7, 11) is 0. The zero-order valence-electron chi connectivity index (χ0n) is 12.0. The number of rotatable bonds is 2. The highest BCUT2D eigenvalue weighted by atomic mass is 35.5. The zero-order chi connectivity index (χ0) is 13.8. The quantitative estimate of drug-likeness (QED) is 0.767. The lowest BCUT2D eigenvalue weighted by atomic mass is 9.70. The first-order chi connectivity index (χ1) is 8.83. The van der Waals surface area contributed by atoms with Crippen LogP contribution in [-0.4, -0.2) is 16.1 Å². The van der Waals surface area contributed by atoms with E-state index in [1.807, 2.05) is 6.92 Å². The average molecular weight is 281 g/mol. The maximum absolute atomic E-state index is 6.17. The fraction of sp³-hybridized carbons (Fsp3) is 0.733. The van der Waals surface area contributed by atoms with Gasteiger partial charge in [0.25, 0.3) is 0 Å². The van der Waals surface area contributed by atoms with Gasteiger partial charge in [0.05, 0.1) is 0 Å². The highest BCUT2D eigenvalue weighted by Gasteiger charge is 2.62. The van der Waals surface area contributed by atoms with Crippen LogP contribution < -0.4 is 4.74 Å². The van der Waals surface area contributed by atoms with Crippen molar-refractivity contribution in [2.75, 3.05) is 0 Å². The van der Waals surface area contributed by atoms with Gasteiger partial charge in [0.15, 0.2) is 0 Å². The van der Waals surface area contributed by atoms with E-state index >= 15 is 0 Å². The van der Waals surface area contributed by atoms with E-state index in [1.165, 1.54) is 12.8 Å². The van der Waals surface area contributed by atoms with Crippen molar-refractivity contribution >= 4 is 11.6 Å². The highest BCUT2D eigenvalue weighted by molar-refractivity contribution is 6.29. The predicted octanol–water partition coefficient (Wildman–Crippen LogP) is 4.03. The Labute approximate surface area is 119 Å². The molecule has 0 aromatic carbocycles. The Morgan fingerprint density at radius 1 is 1.32 bits per heavy atom. The van der Waals surface area contributed by atoms with Crippen LogP contribution in [0.5, 0.6) is 5.88 Å². The SMILES string of the molecule is Cc1nc(Cl)cc(OC2CC3CCC2(C)C3(C)C)n1. The van der Waals surface area contributed by atoms with Gasteiger partial charge in [0.1, 0.15) is 17.1 Å². The maximum Gasteiger partial charge on any atom is 0.218 e. The van der Waals surface area contributed by atoms with Crippen LogP contribution in [0.1, 0.15) is 45.9 Å². The first-order valence-corrected chi connectivity index (χ1v) is 7.38. The summed E-state index contributed by atoms with van der Waals surface area (Å²) in [5.74, 6) is 2.04. The highest BCUT2D eigenvalue weighted by Crippen LogP contribution is 2.66. The number of nitrogens with zero attached hydrogens (tertiary/aromatic N) is 2. The molecule has 3 rings (SSSR count). The summed E-state index contributed by atoms with van der Waals surface area (Å²) in [5.41, 5.74) is 0.590. The van der Waals surface area contributed by atoms with Gasteiger partial charge in [-0.3, -0.25) is 0 Å². The zero-order valence-corrected chi connectivity index (χ0v) is 12.8. The van der Waals surface area contributed by atoms with E-state index < -0.39 is 0 Å². The average Bonchev–Trinajstić information content (AvgIpc) is 2.60. The van der Waals surface area contributed by atoms with Crippen LogP contribution in [0.25, 0.3) is 0 Å². The van der Waals surface area contributed by atoms with Crippen LogP contribution in [-0.2, 0) is 0 Å². The summed E-state index contributed by atoms with van der Waals surface area (Å²) in [6.07, 6.45) is 3.94. The van der Waals surface area contributed by atoms with E-state index in [-0.39, 0.29) is 11.5 Å². The summed E-state index contributed by atoms with van der Waals surface area (Å²) in [6.45, 7) is 8.96. The normalized spacial score (nSPS) is 35.6. The van der Waals surface area contributed by atoms with Gasteiger partial charge in [-0.15, -0.1) is 0 Å². The molecule has 2 aliphatic carbocycles. The summed E-state index contributed by atoms with van der Waals surface area (Å²) < 4.78 is 6.17. The first-order valence-electron chi connectivity index (χ1n) is 7.01. The molecule has 2 aliphatic rings. The molecule has 3 unspecified atom stereocenters. The van der Waals surface area contributed by atoms with E-state index in [9.17, 15) is 0 Å². The third kappa shape index (κ3) is 1.85. The molecule has 4 heteroatoms. The van der Waals surface area contributed by atoms with Crippen LogP contribution in [0, 0.1) is 23.7 Å². The van der Waals surface area contributed by atoms with Gasteiger partial charge in [-0.05, 0) is 37.5 Å². The lowest BCUT2D eigenvalue weighted by Crippen LogP contribution is -2.39. The van der Waals surface area contributed by atoms with Crippen molar-refractivity contribution in [3.8, 4) is 5.88 Å². The van der Waals surface area contributed by atoms with Gasteiger partial charge in [0.2, 0.25) is 5.88 Å². The van der Waals surface area contributed by atoms with Crippen LogP contribution >= 0.6 is 11.6 Å². The molecule has 2 saturated carbocycles. The van der Waals surface area contributed by atoms with Crippen LogP contribution in [0.3, 0.4) is 0 Å². The second-order valence-electron chi connectivity index (χ2n) is 6.79. The molecule has 2 fully saturated rings. The number of hydrogen-bond donors (Lipinski definition) is 0. The van der Waals surface area contributed by atoms with Gasteiger partial charge >= 0.3 is 0 Å². The number of ether oxygens (including phenoxy) is 1. The second-order valence-corrected chi connectivity index (χ2v) is 7.18. The summed E-state index contributed by atoms with van der Waals surface area (Å²) in [4.78, 5) is 8.42. The summed E-state index contributed by atoms with van der Waals surface area (Å²) >= 11 is 5.97. The molecule has 2 bridgehead atoms. The van der Waals surface area contributed by atoms with Gasteiger partial charge in [-0.2, -0.15) is 4.98 Å². The van der Waals surface area contributed by atoms with Gasteiger partial charge in [0, 0.05) is 11.5 Å². The molecule has 0 aliphatic heterocycles. The maximum atomic E-state index is 6.17. The molecular weight excluding hydrogens is 260 g/mol. The first kappa shape index (κ1) is 13.2. The molecule has 1 aromatic rings. The monoisotopic (exact) mass is 280 g/mol. The molecular formula is C15H21ClN2O. The second kappa shape index (κ2) is 4.08. The molecule has 0 N–H and O–H groups in total. The fourth-order valence-corrected chi connectivity index (χ4v) is 4.24. The topological polar surface area (TPSA) is 35.0 Å². The standard InChI is InChI=1S/C15H21ClN2O/c1-9-17-12(16)8-13(18-9)19-11-7-10-5-6-15(11,4)14(10,2)3/h8,10-11H,5-7H2,1-4H3. The van der Waals surface area contributed by atoms with Crippen LogP contribution in [0.15, 0.2) is 6.07 Å². The smallest absolute Gasteiger partial charge is 0.218 e. The summed E-state index contributed by atoms with van der Waals surface area (Å²) in [5, 5.41) is 0.454. The van der Waals surface area contributed by atoms with Crippen molar-refractivity contribution in [3.63, 3.8) is 0 Å². The van der Waals surface area contributed by atoms with Crippen molar-refractivity contribution in [1.82, 2.24) is 9.97 Å². The number of aryl methyl sites for hydroxylation is 1. The lowest BCUT2D eigenvalue weighted by molar-refractivity contribution is 0.0271. The molecule has 0 amide bonds. The Hall–Kier alpha value is -0.830. The third-order valence-corrected chi connectivity index (χ3v) is 5.95. The van der Waals surface area contributed by atoms with Crippen LogP contribution in [0.2, 0.25) is 5.15 Å². The lowest BCUT2D eigenvalue weighted by Gasteiger charge is -2.38. The van der Waals surface area contributed by atoms with E-state index in [4.69, 9.17) is 16.3 Å². The Bertz CT molecular complexity index is 497. The largest absolute Gasteiger partial charge is 0.474 e. The Morgan fingerprint density at radius 2 is 2.05 bits per heavy atom. The molecule has 0 saturated heterocycles. The molecule has 3 nitrogen and oxygen atoms in total. The van der Waals surface area contributed by atoms with Crippen molar-refractivity contribution in [1.29, 1.82) is 0 Å². The van der Waals surface area contributed by atoms with E-state index in [1.54, 1.807) is 6.07 Å². The molecule has 3 atom stereocenters. The van der Waals surface area contributed by atoms with Gasteiger partial charge in [-0.1, -0.05) is 32.4 Å². The third-order valence-electron chi connectivity index (χ3n) is 5.76. The van der Waals surface area contributed by atoms with Crippen molar-refractivity contribution in [2.24, 2.45) is 16.7 Å². The molecule has 19 heavy (non-hydrogen) atoms. The minimum absolute atomic E-state index is 0.239. The molecule has 1 heterocycles. The molecule has 0 spiro atoms. The minimum atomic E-state index is 0.239. The molecule has 104 valence electrons. The van der Waals surface area contributed by atoms with Crippen molar-refractivity contribution in [2.45, 2.75) is 53.1 Å². The number of halogens is 1. The van der Waals surface area contributed by atoms with E-state index in [0.717, 1.165) is 12.3 Å². The Morgan fingerprint density at radius 3 is 2.58 bits per heavy atom. The minimum Gasteiger partial charge on any atom is -0.474 e. The molecule has 0 radical (unpaired) electrons. The van der Waals surface area contributed by atoms with Gasteiger partial charge in [-0.25, -0.2) is 4.98 Å².